The van der Waals surface area contributed by atoms with Gasteiger partial charge in [-0.1, -0.05) is 30.3 Å². The lowest BCUT2D eigenvalue weighted by Crippen LogP contribution is -2.31. The highest BCUT2D eigenvalue weighted by atomic mass is 19.1. The van der Waals surface area contributed by atoms with Gasteiger partial charge in [0.1, 0.15) is 23.3 Å². The van der Waals surface area contributed by atoms with Gasteiger partial charge in [0.15, 0.2) is 0 Å². The van der Waals surface area contributed by atoms with Crippen molar-refractivity contribution in [2.75, 3.05) is 5.32 Å². The third-order valence-electron chi connectivity index (χ3n) is 4.29. The number of H-pyrrole nitrogens is 1. The minimum Gasteiger partial charge on any atom is -0.310 e. The highest BCUT2D eigenvalue weighted by Gasteiger charge is 2.31. The van der Waals surface area contributed by atoms with Crippen LogP contribution in [0.3, 0.4) is 0 Å². The quantitative estimate of drug-likeness (QED) is 0.743. The number of carbonyl (C=O) groups excluding carboxylic acids is 1. The Morgan fingerprint density at radius 2 is 1.69 bits per heavy atom. The summed E-state index contributed by atoms with van der Waals surface area (Å²) in [5.74, 6) is -2.26. The van der Waals surface area contributed by atoms with Crippen LogP contribution < -0.4 is 10.9 Å². The molecule has 2 aromatic carbocycles. The summed E-state index contributed by atoms with van der Waals surface area (Å²) in [4.78, 5) is 31.8. The fourth-order valence-electron chi connectivity index (χ4n) is 3.17. The van der Waals surface area contributed by atoms with Gasteiger partial charge in [0.2, 0.25) is 5.91 Å². The van der Waals surface area contributed by atoms with Crippen LogP contribution in [0.15, 0.2) is 53.3 Å². The number of carbonyl (C=O) groups is 1. The van der Waals surface area contributed by atoms with Crippen LogP contribution in [0, 0.1) is 11.6 Å². The molecule has 1 aromatic heterocycles. The van der Waals surface area contributed by atoms with E-state index in [2.05, 4.69) is 15.3 Å². The zero-order valence-corrected chi connectivity index (χ0v) is 13.4. The maximum absolute atomic E-state index is 13.6. The van der Waals surface area contributed by atoms with Gasteiger partial charge >= 0.3 is 0 Å². The van der Waals surface area contributed by atoms with Crippen molar-refractivity contribution in [3.8, 4) is 11.4 Å². The van der Waals surface area contributed by atoms with Gasteiger partial charge < -0.3 is 10.3 Å². The van der Waals surface area contributed by atoms with Gasteiger partial charge in [-0.15, -0.1) is 0 Å². The number of fused-ring (bicyclic) bond motifs is 1. The third-order valence-corrected chi connectivity index (χ3v) is 4.29. The number of hydrogen-bond donors (Lipinski definition) is 2. The Bertz CT molecular complexity index is 1040. The van der Waals surface area contributed by atoms with E-state index in [0.29, 0.717) is 11.4 Å². The van der Waals surface area contributed by atoms with Crippen molar-refractivity contribution in [1.29, 1.82) is 0 Å². The van der Waals surface area contributed by atoms with Gasteiger partial charge in [0.05, 0.1) is 5.56 Å². The van der Waals surface area contributed by atoms with Crippen LogP contribution >= 0.6 is 0 Å². The topological polar surface area (TPSA) is 74.8 Å². The van der Waals surface area contributed by atoms with Crippen molar-refractivity contribution in [2.24, 2.45) is 0 Å². The summed E-state index contributed by atoms with van der Waals surface area (Å²) in [6.07, 6.45) is -0.0919. The average molecular weight is 353 g/mol. The molecule has 1 atom stereocenters. The molecule has 0 saturated carbocycles. The van der Waals surface area contributed by atoms with Crippen LogP contribution in [0.4, 0.5) is 14.6 Å². The Morgan fingerprint density at radius 3 is 2.38 bits per heavy atom. The molecule has 0 aliphatic carbocycles. The molecule has 4 rings (SSSR count). The van der Waals surface area contributed by atoms with Crippen LogP contribution in [0.2, 0.25) is 0 Å². The minimum absolute atomic E-state index is 0.0919. The van der Waals surface area contributed by atoms with Crippen LogP contribution in [0.25, 0.3) is 11.4 Å². The lowest BCUT2D eigenvalue weighted by atomic mass is 9.86. The maximum Gasteiger partial charge on any atom is 0.257 e. The number of aromatic amines is 1. The Hall–Kier alpha value is -3.35. The molecule has 0 unspecified atom stereocenters. The molecule has 2 N–H and O–H groups in total. The number of halogens is 2. The molecule has 1 aliphatic heterocycles. The zero-order chi connectivity index (χ0) is 18.3. The second kappa shape index (κ2) is 6.18. The van der Waals surface area contributed by atoms with Gasteiger partial charge in [-0.05, 0) is 17.7 Å². The predicted molar refractivity (Wildman–Crippen MR) is 91.7 cm³/mol. The summed E-state index contributed by atoms with van der Waals surface area (Å²) in [6, 6.07) is 12.0. The monoisotopic (exact) mass is 353 g/mol. The van der Waals surface area contributed by atoms with E-state index in [4.69, 9.17) is 0 Å². The maximum atomic E-state index is 13.6. The van der Waals surface area contributed by atoms with E-state index in [1.165, 1.54) is 0 Å². The van der Waals surface area contributed by atoms with E-state index >= 15 is 0 Å². The number of aromatic nitrogens is 2. The van der Waals surface area contributed by atoms with Gasteiger partial charge in [0, 0.05) is 24.0 Å². The summed E-state index contributed by atoms with van der Waals surface area (Å²) >= 11 is 0. The molecule has 26 heavy (non-hydrogen) atoms. The highest BCUT2D eigenvalue weighted by Crippen LogP contribution is 2.35. The largest absolute Gasteiger partial charge is 0.310 e. The van der Waals surface area contributed by atoms with E-state index < -0.39 is 23.1 Å². The Balaban J connectivity index is 1.88. The van der Waals surface area contributed by atoms with Crippen molar-refractivity contribution in [3.05, 3.63) is 81.6 Å². The smallest absolute Gasteiger partial charge is 0.257 e. The van der Waals surface area contributed by atoms with Crippen molar-refractivity contribution in [2.45, 2.75) is 12.3 Å². The molecule has 7 heteroatoms. The van der Waals surface area contributed by atoms with Crippen molar-refractivity contribution in [1.82, 2.24) is 9.97 Å². The number of nitrogens with zero attached hydrogens (tertiary/aromatic N) is 1. The number of benzene rings is 2. The second-order valence-electron chi connectivity index (χ2n) is 6.05. The summed E-state index contributed by atoms with van der Waals surface area (Å²) in [6.45, 7) is 0. The Labute approximate surface area is 146 Å². The molecular weight excluding hydrogens is 340 g/mol. The molecule has 0 bridgehead atoms. The molecule has 0 spiro atoms. The van der Waals surface area contributed by atoms with E-state index in [-0.39, 0.29) is 29.3 Å². The first-order valence-electron chi connectivity index (χ1n) is 7.97. The molecule has 3 aromatic rings. The van der Waals surface area contributed by atoms with E-state index in [9.17, 15) is 18.4 Å². The van der Waals surface area contributed by atoms with Crippen LogP contribution in [-0.2, 0) is 4.79 Å². The van der Waals surface area contributed by atoms with E-state index in [1.54, 1.807) is 24.3 Å². The summed E-state index contributed by atoms with van der Waals surface area (Å²) in [7, 11) is 0. The molecule has 1 aliphatic rings. The summed E-state index contributed by atoms with van der Waals surface area (Å²) in [5, 5.41) is 2.58. The number of amides is 1. The first kappa shape index (κ1) is 16.1. The summed E-state index contributed by atoms with van der Waals surface area (Å²) in [5.41, 5.74) is 0.636. The van der Waals surface area contributed by atoms with Gasteiger partial charge in [-0.3, -0.25) is 9.59 Å². The normalized spacial score (nSPS) is 16.1. The summed E-state index contributed by atoms with van der Waals surface area (Å²) < 4.78 is 27.2. The molecule has 5 nitrogen and oxygen atoms in total. The van der Waals surface area contributed by atoms with Crippen molar-refractivity contribution >= 4 is 11.7 Å². The molecular formula is C19H13F2N3O2. The number of rotatable bonds is 2. The Morgan fingerprint density at radius 1 is 1.00 bits per heavy atom. The molecule has 1 amide bonds. The predicted octanol–water partition coefficient (Wildman–Crippen LogP) is 3.19. The lowest BCUT2D eigenvalue weighted by molar-refractivity contribution is -0.116. The fourth-order valence-corrected chi connectivity index (χ4v) is 3.17. The van der Waals surface area contributed by atoms with Crippen LogP contribution in [-0.4, -0.2) is 15.9 Å². The highest BCUT2D eigenvalue weighted by molar-refractivity contribution is 5.94. The SMILES string of the molecule is O=C1C[C@H](c2cc(F)cc(F)c2)c2c(nc(-c3ccccc3)[nH]c2=O)N1. The first-order valence-corrected chi connectivity index (χ1v) is 7.97. The van der Waals surface area contributed by atoms with Gasteiger partial charge in [-0.25, -0.2) is 13.8 Å². The number of nitrogens with one attached hydrogen (secondary N) is 2. The van der Waals surface area contributed by atoms with Gasteiger partial charge in [-0.2, -0.15) is 0 Å². The van der Waals surface area contributed by atoms with E-state index in [0.717, 1.165) is 18.2 Å². The average Bonchev–Trinajstić information content (AvgIpc) is 2.60. The van der Waals surface area contributed by atoms with E-state index in [1.807, 2.05) is 6.07 Å². The molecule has 2 heterocycles. The standard InChI is InChI=1S/C19H13F2N3O2/c20-12-6-11(7-13(21)8-12)14-9-15(25)22-18-16(14)19(26)24-17(23-18)10-4-2-1-3-5-10/h1-8,14H,9H2,(H2,22,23,24,25,26)/t14-/m1/s1. The molecule has 0 fully saturated rings. The lowest BCUT2D eigenvalue weighted by Gasteiger charge is -2.24. The zero-order valence-electron chi connectivity index (χ0n) is 13.4. The van der Waals surface area contributed by atoms with Crippen LogP contribution in [0.1, 0.15) is 23.5 Å². The Kier molecular flexibility index (Phi) is 3.84. The molecule has 0 radical (unpaired) electrons. The number of anilines is 1. The minimum atomic E-state index is -0.773. The third kappa shape index (κ3) is 2.88. The van der Waals surface area contributed by atoms with Crippen molar-refractivity contribution in [3.63, 3.8) is 0 Å². The number of hydrogen-bond acceptors (Lipinski definition) is 3. The van der Waals surface area contributed by atoms with Crippen molar-refractivity contribution < 1.29 is 13.6 Å². The van der Waals surface area contributed by atoms with Crippen LogP contribution in [0.5, 0.6) is 0 Å². The first-order chi connectivity index (χ1) is 12.5. The second-order valence-corrected chi connectivity index (χ2v) is 6.05. The fraction of sp³-hybridized carbons (Fsp3) is 0.105. The molecule has 0 saturated heterocycles. The van der Waals surface area contributed by atoms with Gasteiger partial charge in [0.25, 0.3) is 5.56 Å². The molecule has 130 valence electrons.